The maximum atomic E-state index is 12.8. The molecule has 2 heterocycles. The van der Waals surface area contributed by atoms with E-state index in [-0.39, 0.29) is 18.1 Å². The molecule has 2 saturated heterocycles. The lowest BCUT2D eigenvalue weighted by molar-refractivity contribution is -0.162. The van der Waals surface area contributed by atoms with Crippen molar-refractivity contribution >= 4 is 12.0 Å². The molecule has 1 aromatic rings. The van der Waals surface area contributed by atoms with Gasteiger partial charge in [0.05, 0.1) is 18.1 Å². The first-order valence-electron chi connectivity index (χ1n) is 10.5. The highest BCUT2D eigenvalue weighted by Crippen LogP contribution is 2.39. The van der Waals surface area contributed by atoms with Gasteiger partial charge in [-0.05, 0) is 51.0 Å². The summed E-state index contributed by atoms with van der Waals surface area (Å²) in [6.07, 6.45) is 5.33. The van der Waals surface area contributed by atoms with Crippen LogP contribution in [0.2, 0.25) is 0 Å². The number of nitrogens with one attached hydrogen (secondary N) is 1. The fourth-order valence-electron chi connectivity index (χ4n) is 4.20. The molecule has 0 bridgehead atoms. The van der Waals surface area contributed by atoms with Crippen LogP contribution < -0.4 is 5.32 Å². The van der Waals surface area contributed by atoms with Crippen LogP contribution in [0.4, 0.5) is 4.79 Å². The summed E-state index contributed by atoms with van der Waals surface area (Å²) in [4.78, 5) is 27.1. The SMILES string of the molecule is CCOC(=O)C1(C[C@H]2CCCCO2)CCN(C(=O)NCc2ccccc2)CC1. The molecular formula is C22H32N2O4. The Kier molecular flexibility index (Phi) is 7.31. The number of carbonyl (C=O) groups is 2. The zero-order valence-electron chi connectivity index (χ0n) is 16.8. The van der Waals surface area contributed by atoms with Gasteiger partial charge in [0.2, 0.25) is 0 Å². The number of ether oxygens (including phenoxy) is 2. The Hall–Kier alpha value is -2.08. The van der Waals surface area contributed by atoms with Crippen LogP contribution in [0, 0.1) is 5.41 Å². The lowest BCUT2D eigenvalue weighted by atomic mass is 9.73. The molecule has 6 heteroatoms. The molecule has 154 valence electrons. The second-order valence-corrected chi connectivity index (χ2v) is 7.82. The van der Waals surface area contributed by atoms with Gasteiger partial charge in [0.15, 0.2) is 0 Å². The van der Waals surface area contributed by atoms with Crippen molar-refractivity contribution < 1.29 is 19.1 Å². The largest absolute Gasteiger partial charge is 0.466 e. The standard InChI is InChI=1S/C22H32N2O4/c1-2-27-20(25)22(16-19-10-6-7-15-28-19)11-13-24(14-12-22)21(26)23-17-18-8-4-3-5-9-18/h3-5,8-9,19H,2,6-7,10-17H2,1H3,(H,23,26)/t19-/m1/s1. The Morgan fingerprint density at radius 2 is 1.96 bits per heavy atom. The third-order valence-corrected chi connectivity index (χ3v) is 5.90. The van der Waals surface area contributed by atoms with Gasteiger partial charge in [-0.3, -0.25) is 4.79 Å². The van der Waals surface area contributed by atoms with Crippen LogP contribution in [-0.4, -0.2) is 49.3 Å². The van der Waals surface area contributed by atoms with Crippen LogP contribution in [0.5, 0.6) is 0 Å². The van der Waals surface area contributed by atoms with Gasteiger partial charge < -0.3 is 19.7 Å². The Bertz CT molecular complexity index is 635. The van der Waals surface area contributed by atoms with Crippen LogP contribution in [0.1, 0.15) is 51.0 Å². The van der Waals surface area contributed by atoms with Gasteiger partial charge in [-0.2, -0.15) is 0 Å². The minimum Gasteiger partial charge on any atom is -0.466 e. The summed E-state index contributed by atoms with van der Waals surface area (Å²) in [7, 11) is 0. The van der Waals surface area contributed by atoms with Crippen molar-refractivity contribution in [2.24, 2.45) is 5.41 Å². The molecule has 2 aliphatic rings. The average Bonchev–Trinajstić information content (AvgIpc) is 2.74. The fraction of sp³-hybridized carbons (Fsp3) is 0.636. The van der Waals surface area contributed by atoms with E-state index >= 15 is 0 Å². The molecule has 3 rings (SSSR count). The van der Waals surface area contributed by atoms with Crippen molar-refractivity contribution in [3.8, 4) is 0 Å². The molecule has 6 nitrogen and oxygen atoms in total. The molecule has 1 atom stereocenters. The molecule has 1 N–H and O–H groups in total. The summed E-state index contributed by atoms with van der Waals surface area (Å²) in [5.74, 6) is -0.131. The number of urea groups is 1. The summed E-state index contributed by atoms with van der Waals surface area (Å²) in [5.41, 5.74) is 0.539. The van der Waals surface area contributed by atoms with E-state index in [2.05, 4.69) is 5.32 Å². The van der Waals surface area contributed by atoms with E-state index in [0.29, 0.717) is 45.5 Å². The Morgan fingerprint density at radius 3 is 2.61 bits per heavy atom. The predicted molar refractivity (Wildman–Crippen MR) is 107 cm³/mol. The van der Waals surface area contributed by atoms with Crippen LogP contribution in [0.25, 0.3) is 0 Å². The van der Waals surface area contributed by atoms with Crippen molar-refractivity contribution in [1.29, 1.82) is 0 Å². The first-order chi connectivity index (χ1) is 13.6. The second kappa shape index (κ2) is 9.92. The molecule has 0 radical (unpaired) electrons. The molecule has 2 amide bonds. The summed E-state index contributed by atoms with van der Waals surface area (Å²) in [6.45, 7) is 4.63. The minimum atomic E-state index is -0.534. The molecule has 0 aromatic heterocycles. The monoisotopic (exact) mass is 388 g/mol. The second-order valence-electron chi connectivity index (χ2n) is 7.82. The van der Waals surface area contributed by atoms with Crippen molar-refractivity contribution in [3.63, 3.8) is 0 Å². The van der Waals surface area contributed by atoms with E-state index in [9.17, 15) is 9.59 Å². The number of piperidine rings is 1. The zero-order valence-corrected chi connectivity index (χ0v) is 16.8. The highest BCUT2D eigenvalue weighted by Gasteiger charge is 2.45. The molecule has 2 fully saturated rings. The van der Waals surface area contributed by atoms with Crippen molar-refractivity contribution in [2.45, 2.75) is 58.1 Å². The van der Waals surface area contributed by atoms with Crippen LogP contribution >= 0.6 is 0 Å². The van der Waals surface area contributed by atoms with E-state index in [4.69, 9.17) is 9.47 Å². The van der Waals surface area contributed by atoms with E-state index in [1.165, 1.54) is 0 Å². The lowest BCUT2D eigenvalue weighted by Gasteiger charge is -2.42. The van der Waals surface area contributed by atoms with Gasteiger partial charge in [0.1, 0.15) is 0 Å². The van der Waals surface area contributed by atoms with Crippen LogP contribution in [-0.2, 0) is 20.8 Å². The van der Waals surface area contributed by atoms with E-state index in [0.717, 1.165) is 31.4 Å². The van der Waals surface area contributed by atoms with E-state index in [1.807, 2.05) is 42.2 Å². The predicted octanol–water partition coefficient (Wildman–Crippen LogP) is 3.50. The van der Waals surface area contributed by atoms with E-state index in [1.54, 1.807) is 0 Å². The number of esters is 1. The normalized spacial score (nSPS) is 21.8. The third kappa shape index (κ3) is 5.25. The fourth-order valence-corrected chi connectivity index (χ4v) is 4.20. The van der Waals surface area contributed by atoms with Gasteiger partial charge in [-0.15, -0.1) is 0 Å². The maximum Gasteiger partial charge on any atom is 0.317 e. The Balaban J connectivity index is 1.56. The number of hydrogen-bond acceptors (Lipinski definition) is 4. The number of rotatable bonds is 6. The summed E-state index contributed by atoms with van der Waals surface area (Å²) >= 11 is 0. The van der Waals surface area contributed by atoms with Crippen LogP contribution in [0.3, 0.4) is 0 Å². The molecule has 0 spiro atoms. The molecule has 2 aliphatic heterocycles. The first-order valence-corrected chi connectivity index (χ1v) is 10.5. The average molecular weight is 389 g/mol. The van der Waals surface area contributed by atoms with Gasteiger partial charge in [0, 0.05) is 26.2 Å². The molecular weight excluding hydrogens is 356 g/mol. The third-order valence-electron chi connectivity index (χ3n) is 5.90. The highest BCUT2D eigenvalue weighted by atomic mass is 16.5. The Labute approximate surface area is 167 Å². The topological polar surface area (TPSA) is 67.9 Å². The number of likely N-dealkylation sites (tertiary alicyclic amines) is 1. The number of carbonyl (C=O) groups excluding carboxylic acids is 2. The van der Waals surface area contributed by atoms with Gasteiger partial charge in [0.25, 0.3) is 0 Å². The first kappa shape index (κ1) is 20.6. The maximum absolute atomic E-state index is 12.8. The molecule has 0 unspecified atom stereocenters. The number of benzene rings is 1. The summed E-state index contributed by atoms with van der Waals surface area (Å²) in [6, 6.07) is 9.79. The summed E-state index contributed by atoms with van der Waals surface area (Å²) in [5, 5.41) is 2.98. The number of hydrogen-bond donors (Lipinski definition) is 1. The van der Waals surface area contributed by atoms with Gasteiger partial charge >= 0.3 is 12.0 Å². The summed E-state index contributed by atoms with van der Waals surface area (Å²) < 4.78 is 11.3. The van der Waals surface area contributed by atoms with Crippen molar-refractivity contribution in [1.82, 2.24) is 10.2 Å². The van der Waals surface area contributed by atoms with Crippen molar-refractivity contribution in [2.75, 3.05) is 26.3 Å². The molecule has 1 aromatic carbocycles. The van der Waals surface area contributed by atoms with Gasteiger partial charge in [-0.1, -0.05) is 30.3 Å². The molecule has 28 heavy (non-hydrogen) atoms. The smallest absolute Gasteiger partial charge is 0.317 e. The van der Waals surface area contributed by atoms with E-state index < -0.39 is 5.41 Å². The number of nitrogens with zero attached hydrogens (tertiary/aromatic N) is 1. The molecule has 0 aliphatic carbocycles. The van der Waals surface area contributed by atoms with Gasteiger partial charge in [-0.25, -0.2) is 4.79 Å². The van der Waals surface area contributed by atoms with Crippen molar-refractivity contribution in [3.05, 3.63) is 35.9 Å². The molecule has 0 saturated carbocycles. The van der Waals surface area contributed by atoms with Crippen LogP contribution in [0.15, 0.2) is 30.3 Å². The Morgan fingerprint density at radius 1 is 1.21 bits per heavy atom. The zero-order chi connectivity index (χ0) is 19.8. The quantitative estimate of drug-likeness (QED) is 0.758. The number of amides is 2. The highest BCUT2D eigenvalue weighted by molar-refractivity contribution is 5.78. The lowest BCUT2D eigenvalue weighted by Crippen LogP contribution is -2.51. The minimum absolute atomic E-state index is 0.0739.